The summed E-state index contributed by atoms with van der Waals surface area (Å²) < 4.78 is 1.14. The van der Waals surface area contributed by atoms with E-state index < -0.39 is 0 Å². The van der Waals surface area contributed by atoms with E-state index in [0.29, 0.717) is 0 Å². The van der Waals surface area contributed by atoms with Gasteiger partial charge in [0.15, 0.2) is 0 Å². The summed E-state index contributed by atoms with van der Waals surface area (Å²) in [6.45, 7) is 1.97. The summed E-state index contributed by atoms with van der Waals surface area (Å²) in [7, 11) is 0. The Morgan fingerprint density at radius 1 is 1.80 bits per heavy atom. The molecule has 1 rings (SSSR count). The summed E-state index contributed by atoms with van der Waals surface area (Å²) in [6, 6.07) is 0. The van der Waals surface area contributed by atoms with E-state index in [1.807, 2.05) is 13.0 Å². The molecule has 0 spiro atoms. The van der Waals surface area contributed by atoms with Gasteiger partial charge in [0, 0.05) is 6.20 Å². The van der Waals surface area contributed by atoms with Gasteiger partial charge in [-0.05, 0) is 16.8 Å². The first-order chi connectivity index (χ1) is 4.84. The van der Waals surface area contributed by atoms with Gasteiger partial charge in [0.25, 0.3) is 0 Å². The molecule has 0 saturated carbocycles. The van der Waals surface area contributed by atoms with Gasteiger partial charge >= 0.3 is 5.69 Å². The molecule has 10 heavy (non-hydrogen) atoms. The van der Waals surface area contributed by atoms with Crippen molar-refractivity contribution >= 4 is 6.20 Å². The van der Waals surface area contributed by atoms with Gasteiger partial charge in [0.05, 0.1) is 0 Å². The molecule has 1 aromatic heterocycles. The molecule has 1 heterocycles. The van der Waals surface area contributed by atoms with Crippen molar-refractivity contribution in [2.75, 3.05) is 0 Å². The summed E-state index contributed by atoms with van der Waals surface area (Å²) in [6.07, 6.45) is 4.27. The van der Waals surface area contributed by atoms with Gasteiger partial charge in [-0.25, -0.2) is 9.89 Å². The average molecular weight is 140 g/mol. The van der Waals surface area contributed by atoms with Crippen LogP contribution < -0.4 is 5.69 Å². The first-order valence-electron chi connectivity index (χ1n) is 3.01. The standard InChI is InChI=1S/C5H8N4O/c1-2-3-4-9-5(10)6-7-8-9/h3-4H,2H2,1H3,(H,6,8,10). The van der Waals surface area contributed by atoms with E-state index in [0.717, 1.165) is 11.1 Å². The molecule has 0 saturated heterocycles. The van der Waals surface area contributed by atoms with Gasteiger partial charge in [-0.2, -0.15) is 4.68 Å². The second kappa shape index (κ2) is 2.95. The molecule has 0 fully saturated rings. The molecule has 1 aromatic rings. The van der Waals surface area contributed by atoms with Crippen molar-refractivity contribution in [3.63, 3.8) is 0 Å². The zero-order valence-electron chi connectivity index (χ0n) is 5.61. The Morgan fingerprint density at radius 3 is 3.10 bits per heavy atom. The van der Waals surface area contributed by atoms with Crippen molar-refractivity contribution in [2.45, 2.75) is 13.3 Å². The van der Waals surface area contributed by atoms with Crippen molar-refractivity contribution in [2.24, 2.45) is 0 Å². The van der Waals surface area contributed by atoms with Crippen LogP contribution in [0.25, 0.3) is 6.20 Å². The predicted molar refractivity (Wildman–Crippen MR) is 36.3 cm³/mol. The molecule has 0 aromatic carbocycles. The van der Waals surface area contributed by atoms with Crippen LogP contribution in [0.15, 0.2) is 10.9 Å². The van der Waals surface area contributed by atoms with Crippen LogP contribution in [0.1, 0.15) is 13.3 Å². The lowest BCUT2D eigenvalue weighted by molar-refractivity contribution is 0.810. The lowest BCUT2D eigenvalue weighted by Crippen LogP contribution is -2.12. The minimum atomic E-state index is -0.315. The molecule has 0 aliphatic heterocycles. The van der Waals surface area contributed by atoms with Crippen LogP contribution >= 0.6 is 0 Å². The summed E-state index contributed by atoms with van der Waals surface area (Å²) in [5, 5.41) is 8.94. The molecule has 0 unspecified atom stereocenters. The second-order valence-electron chi connectivity index (χ2n) is 1.74. The predicted octanol–water partition coefficient (Wildman–Crippen LogP) is -0.153. The molecule has 54 valence electrons. The number of hydrogen-bond acceptors (Lipinski definition) is 3. The molecular formula is C5H8N4O. The van der Waals surface area contributed by atoms with Gasteiger partial charge in [-0.15, -0.1) is 0 Å². The van der Waals surface area contributed by atoms with Crippen LogP contribution in [0, 0.1) is 0 Å². The number of nitrogens with zero attached hydrogens (tertiary/aromatic N) is 3. The van der Waals surface area contributed by atoms with E-state index in [1.165, 1.54) is 0 Å². The van der Waals surface area contributed by atoms with Crippen LogP contribution in [0.2, 0.25) is 0 Å². The monoisotopic (exact) mass is 140 g/mol. The quantitative estimate of drug-likeness (QED) is 0.621. The molecule has 0 radical (unpaired) electrons. The molecule has 1 N–H and O–H groups in total. The maximum absolute atomic E-state index is 10.7. The third kappa shape index (κ3) is 1.31. The smallest absolute Gasteiger partial charge is 0.244 e. The van der Waals surface area contributed by atoms with Crippen molar-refractivity contribution in [1.29, 1.82) is 0 Å². The van der Waals surface area contributed by atoms with Gasteiger partial charge in [0.1, 0.15) is 0 Å². The molecule has 5 nitrogen and oxygen atoms in total. The van der Waals surface area contributed by atoms with Crippen molar-refractivity contribution in [3.05, 3.63) is 16.6 Å². The Balaban J connectivity index is 2.85. The van der Waals surface area contributed by atoms with Crippen molar-refractivity contribution in [1.82, 2.24) is 20.2 Å². The van der Waals surface area contributed by atoms with E-state index in [2.05, 4.69) is 15.5 Å². The van der Waals surface area contributed by atoms with Crippen LogP contribution in [0.5, 0.6) is 0 Å². The van der Waals surface area contributed by atoms with E-state index in [4.69, 9.17) is 0 Å². The largest absolute Gasteiger partial charge is 0.365 e. The number of nitrogens with one attached hydrogen (secondary N) is 1. The summed E-state index contributed by atoms with van der Waals surface area (Å²) in [5.74, 6) is 0. The first-order valence-corrected chi connectivity index (χ1v) is 3.01. The van der Waals surface area contributed by atoms with E-state index in [9.17, 15) is 4.79 Å². The molecule has 0 bridgehead atoms. The van der Waals surface area contributed by atoms with E-state index >= 15 is 0 Å². The summed E-state index contributed by atoms with van der Waals surface area (Å²) in [5.41, 5.74) is -0.315. The number of tetrazole rings is 1. The van der Waals surface area contributed by atoms with Crippen molar-refractivity contribution in [3.8, 4) is 0 Å². The Kier molecular flexibility index (Phi) is 1.99. The minimum Gasteiger partial charge on any atom is -0.244 e. The topological polar surface area (TPSA) is 63.6 Å². The maximum Gasteiger partial charge on any atom is 0.365 e. The highest BCUT2D eigenvalue weighted by Crippen LogP contribution is 1.79. The van der Waals surface area contributed by atoms with Crippen LogP contribution in [-0.4, -0.2) is 20.2 Å². The number of aromatic amines is 1. The van der Waals surface area contributed by atoms with E-state index in [-0.39, 0.29) is 5.69 Å². The normalized spacial score (nSPS) is 10.9. The third-order valence-electron chi connectivity index (χ3n) is 0.977. The number of rotatable bonds is 2. The SMILES string of the molecule is CCC=Cn1nn[nH]c1=O. The van der Waals surface area contributed by atoms with Gasteiger partial charge < -0.3 is 0 Å². The third-order valence-corrected chi connectivity index (χ3v) is 0.977. The van der Waals surface area contributed by atoms with E-state index in [1.54, 1.807) is 6.20 Å². The summed E-state index contributed by atoms with van der Waals surface area (Å²) >= 11 is 0. The highest BCUT2D eigenvalue weighted by Gasteiger charge is 1.89. The zero-order chi connectivity index (χ0) is 7.40. The van der Waals surface area contributed by atoms with Gasteiger partial charge in [-0.1, -0.05) is 13.0 Å². The number of aromatic nitrogens is 4. The highest BCUT2D eigenvalue weighted by atomic mass is 16.2. The lowest BCUT2D eigenvalue weighted by atomic mass is 10.5. The lowest BCUT2D eigenvalue weighted by Gasteiger charge is -1.81. The first kappa shape index (κ1) is 6.73. The number of hydrogen-bond donors (Lipinski definition) is 1. The maximum atomic E-state index is 10.7. The number of H-pyrrole nitrogens is 1. The van der Waals surface area contributed by atoms with Crippen LogP contribution in [0.3, 0.4) is 0 Å². The Labute approximate surface area is 57.3 Å². The van der Waals surface area contributed by atoms with Crippen LogP contribution in [-0.2, 0) is 0 Å². The molecular weight excluding hydrogens is 132 g/mol. The van der Waals surface area contributed by atoms with Crippen molar-refractivity contribution < 1.29 is 0 Å². The highest BCUT2D eigenvalue weighted by molar-refractivity contribution is 5.16. The summed E-state index contributed by atoms with van der Waals surface area (Å²) in [4.78, 5) is 10.7. The molecule has 5 heteroatoms. The Bertz CT molecular complexity index is 271. The molecule has 0 aliphatic carbocycles. The number of allylic oxidation sites excluding steroid dienone is 1. The fourth-order valence-corrected chi connectivity index (χ4v) is 0.508. The minimum absolute atomic E-state index is 0.315. The molecule has 0 aliphatic rings. The molecule has 0 atom stereocenters. The van der Waals surface area contributed by atoms with Crippen LogP contribution in [0.4, 0.5) is 0 Å². The zero-order valence-corrected chi connectivity index (χ0v) is 5.61. The van der Waals surface area contributed by atoms with Gasteiger partial charge in [-0.3, -0.25) is 0 Å². The fraction of sp³-hybridized carbons (Fsp3) is 0.400. The van der Waals surface area contributed by atoms with Gasteiger partial charge in [0.2, 0.25) is 0 Å². The Hall–Kier alpha value is -1.39. The Morgan fingerprint density at radius 2 is 2.60 bits per heavy atom. The second-order valence-corrected chi connectivity index (χ2v) is 1.74. The molecule has 0 amide bonds. The fourth-order valence-electron chi connectivity index (χ4n) is 0.508. The average Bonchev–Trinajstić information content (AvgIpc) is 2.31.